The topological polar surface area (TPSA) is 64.1 Å². The Hall–Kier alpha value is -0.870. The van der Waals surface area contributed by atoms with Crippen LogP contribution in [-0.2, 0) is 6.42 Å². The van der Waals surface area contributed by atoms with Gasteiger partial charge in [0.25, 0.3) is 0 Å². The number of aliphatic hydroxyl groups excluding tert-OH is 1. The highest BCUT2D eigenvalue weighted by Gasteiger charge is 2.51. The van der Waals surface area contributed by atoms with E-state index in [2.05, 4.69) is 38.9 Å². The maximum Gasteiger partial charge on any atom is 0.0663 e. The van der Waals surface area contributed by atoms with E-state index in [0.29, 0.717) is 12.6 Å². The van der Waals surface area contributed by atoms with Crippen LogP contribution >= 0.6 is 0 Å². The third-order valence-corrected chi connectivity index (χ3v) is 5.23. The van der Waals surface area contributed by atoms with Gasteiger partial charge >= 0.3 is 0 Å². The molecule has 1 aliphatic carbocycles. The summed E-state index contributed by atoms with van der Waals surface area (Å²) in [6.45, 7) is 9.12. The SMILES string of the molecule is CCC(C)n1ccc(CC2(CN)CCC(C)(C)C2O)n1. The Labute approximate surface area is 122 Å². The third-order valence-electron chi connectivity index (χ3n) is 5.23. The summed E-state index contributed by atoms with van der Waals surface area (Å²) >= 11 is 0. The van der Waals surface area contributed by atoms with E-state index >= 15 is 0 Å². The van der Waals surface area contributed by atoms with E-state index in [-0.39, 0.29) is 16.9 Å². The van der Waals surface area contributed by atoms with Crippen molar-refractivity contribution >= 4 is 0 Å². The zero-order valence-electron chi connectivity index (χ0n) is 13.3. The van der Waals surface area contributed by atoms with Gasteiger partial charge in [0.2, 0.25) is 0 Å². The molecule has 0 aliphatic heterocycles. The summed E-state index contributed by atoms with van der Waals surface area (Å²) < 4.78 is 2.02. The van der Waals surface area contributed by atoms with Gasteiger partial charge in [-0.2, -0.15) is 5.10 Å². The van der Waals surface area contributed by atoms with Crippen molar-refractivity contribution in [2.45, 2.75) is 65.5 Å². The molecule has 0 radical (unpaired) electrons. The van der Waals surface area contributed by atoms with E-state index in [1.165, 1.54) is 0 Å². The molecular formula is C16H29N3O. The maximum absolute atomic E-state index is 10.7. The fourth-order valence-electron chi connectivity index (χ4n) is 3.41. The van der Waals surface area contributed by atoms with Crippen molar-refractivity contribution in [2.75, 3.05) is 6.54 Å². The Kier molecular flexibility index (Phi) is 4.26. The van der Waals surface area contributed by atoms with Crippen molar-refractivity contribution in [1.29, 1.82) is 0 Å². The average Bonchev–Trinajstić information content (AvgIpc) is 2.97. The zero-order valence-corrected chi connectivity index (χ0v) is 13.3. The Morgan fingerprint density at radius 1 is 1.50 bits per heavy atom. The maximum atomic E-state index is 10.7. The molecular weight excluding hydrogens is 250 g/mol. The molecule has 4 nitrogen and oxygen atoms in total. The quantitative estimate of drug-likeness (QED) is 0.870. The smallest absolute Gasteiger partial charge is 0.0663 e. The number of nitrogens with two attached hydrogens (primary N) is 1. The predicted molar refractivity (Wildman–Crippen MR) is 81.4 cm³/mol. The van der Waals surface area contributed by atoms with E-state index in [1.54, 1.807) is 0 Å². The fraction of sp³-hybridized carbons (Fsp3) is 0.812. The number of aromatic nitrogens is 2. The molecule has 0 saturated heterocycles. The van der Waals surface area contributed by atoms with E-state index in [0.717, 1.165) is 31.4 Å². The van der Waals surface area contributed by atoms with Crippen LogP contribution in [0.15, 0.2) is 12.3 Å². The first kappa shape index (κ1) is 15.5. The van der Waals surface area contributed by atoms with Crippen LogP contribution in [0, 0.1) is 10.8 Å². The van der Waals surface area contributed by atoms with Crippen LogP contribution in [0.1, 0.15) is 58.7 Å². The first-order valence-electron chi connectivity index (χ1n) is 7.77. The van der Waals surface area contributed by atoms with Gasteiger partial charge in [-0.3, -0.25) is 4.68 Å². The number of rotatable bonds is 5. The minimum Gasteiger partial charge on any atom is -0.392 e. The summed E-state index contributed by atoms with van der Waals surface area (Å²) in [5.74, 6) is 0. The van der Waals surface area contributed by atoms with Gasteiger partial charge in [0.15, 0.2) is 0 Å². The highest BCUT2D eigenvalue weighted by molar-refractivity contribution is 5.11. The van der Waals surface area contributed by atoms with Crippen LogP contribution in [0.2, 0.25) is 0 Å². The molecule has 4 heteroatoms. The Morgan fingerprint density at radius 3 is 2.70 bits per heavy atom. The molecule has 3 atom stereocenters. The molecule has 3 unspecified atom stereocenters. The van der Waals surface area contributed by atoms with E-state index < -0.39 is 0 Å². The normalized spacial score (nSPS) is 30.6. The van der Waals surface area contributed by atoms with Crippen molar-refractivity contribution in [3.05, 3.63) is 18.0 Å². The highest BCUT2D eigenvalue weighted by Crippen LogP contribution is 2.50. The zero-order chi connectivity index (χ0) is 15.0. The van der Waals surface area contributed by atoms with Gasteiger partial charge in [-0.05, 0) is 37.7 Å². The van der Waals surface area contributed by atoms with Crippen LogP contribution in [0.4, 0.5) is 0 Å². The molecule has 2 rings (SSSR count). The molecule has 114 valence electrons. The van der Waals surface area contributed by atoms with Gasteiger partial charge in [0.1, 0.15) is 0 Å². The molecule has 1 aliphatic rings. The van der Waals surface area contributed by atoms with Crippen molar-refractivity contribution in [3.8, 4) is 0 Å². The minimum atomic E-state index is -0.353. The van der Waals surface area contributed by atoms with Crippen molar-refractivity contribution in [2.24, 2.45) is 16.6 Å². The number of nitrogens with zero attached hydrogens (tertiary/aromatic N) is 2. The molecule has 1 aromatic rings. The largest absolute Gasteiger partial charge is 0.392 e. The van der Waals surface area contributed by atoms with E-state index in [1.807, 2.05) is 10.9 Å². The van der Waals surface area contributed by atoms with Crippen molar-refractivity contribution in [1.82, 2.24) is 9.78 Å². The molecule has 0 amide bonds. The summed E-state index contributed by atoms with van der Waals surface area (Å²) in [5, 5.41) is 15.3. The number of aliphatic hydroxyl groups is 1. The molecule has 3 N–H and O–H groups in total. The molecule has 1 fully saturated rings. The molecule has 0 bridgehead atoms. The van der Waals surface area contributed by atoms with Gasteiger partial charge < -0.3 is 10.8 Å². The average molecular weight is 279 g/mol. The summed E-state index contributed by atoms with van der Waals surface area (Å²) in [4.78, 5) is 0. The second-order valence-electron chi connectivity index (χ2n) is 7.18. The summed E-state index contributed by atoms with van der Waals surface area (Å²) in [5.41, 5.74) is 6.82. The molecule has 0 aromatic carbocycles. The molecule has 20 heavy (non-hydrogen) atoms. The second kappa shape index (κ2) is 5.49. The Morgan fingerprint density at radius 2 is 2.20 bits per heavy atom. The molecule has 0 spiro atoms. The summed E-state index contributed by atoms with van der Waals surface area (Å²) in [6.07, 6.45) is 5.54. The molecule has 1 aromatic heterocycles. The monoisotopic (exact) mass is 279 g/mol. The number of hydrogen-bond donors (Lipinski definition) is 2. The molecule has 1 heterocycles. The highest BCUT2D eigenvalue weighted by atomic mass is 16.3. The first-order valence-corrected chi connectivity index (χ1v) is 7.77. The first-order chi connectivity index (χ1) is 9.34. The number of hydrogen-bond acceptors (Lipinski definition) is 3. The van der Waals surface area contributed by atoms with Crippen LogP contribution in [0.25, 0.3) is 0 Å². The van der Waals surface area contributed by atoms with Crippen molar-refractivity contribution < 1.29 is 5.11 Å². The van der Waals surface area contributed by atoms with Crippen LogP contribution < -0.4 is 5.73 Å². The summed E-state index contributed by atoms with van der Waals surface area (Å²) in [7, 11) is 0. The third kappa shape index (κ3) is 2.63. The van der Waals surface area contributed by atoms with Crippen LogP contribution in [-0.4, -0.2) is 27.5 Å². The molecule has 1 saturated carbocycles. The summed E-state index contributed by atoms with van der Waals surface area (Å²) in [6, 6.07) is 2.49. The van der Waals surface area contributed by atoms with Gasteiger partial charge in [0, 0.05) is 30.6 Å². The lowest BCUT2D eigenvalue weighted by Gasteiger charge is -2.35. The van der Waals surface area contributed by atoms with Crippen LogP contribution in [0.3, 0.4) is 0 Å². The minimum absolute atomic E-state index is 0.0430. The van der Waals surface area contributed by atoms with Gasteiger partial charge in [-0.15, -0.1) is 0 Å². The van der Waals surface area contributed by atoms with E-state index in [4.69, 9.17) is 5.73 Å². The lowest BCUT2D eigenvalue weighted by atomic mass is 9.75. The van der Waals surface area contributed by atoms with E-state index in [9.17, 15) is 5.11 Å². The Bertz CT molecular complexity index is 454. The second-order valence-corrected chi connectivity index (χ2v) is 7.18. The fourth-order valence-corrected chi connectivity index (χ4v) is 3.41. The van der Waals surface area contributed by atoms with Gasteiger partial charge in [-0.25, -0.2) is 0 Å². The van der Waals surface area contributed by atoms with Gasteiger partial charge in [-0.1, -0.05) is 20.8 Å². The Balaban J connectivity index is 2.17. The lowest BCUT2D eigenvalue weighted by Crippen LogP contribution is -2.44. The lowest BCUT2D eigenvalue weighted by molar-refractivity contribution is -0.00515. The van der Waals surface area contributed by atoms with Crippen LogP contribution in [0.5, 0.6) is 0 Å². The predicted octanol–water partition coefficient (Wildman–Crippen LogP) is 2.52. The van der Waals surface area contributed by atoms with Crippen molar-refractivity contribution in [3.63, 3.8) is 0 Å². The van der Waals surface area contributed by atoms with Gasteiger partial charge in [0.05, 0.1) is 11.8 Å². The standard InChI is InChI=1S/C16H29N3O/c1-5-12(2)19-9-6-13(18-19)10-16(11-17)8-7-15(3,4)14(16)20/h6,9,12,14,20H,5,7-8,10-11,17H2,1-4H3.